The van der Waals surface area contributed by atoms with Crippen LogP contribution in [0.4, 0.5) is 0 Å². The van der Waals surface area contributed by atoms with Gasteiger partial charge < -0.3 is 10.1 Å². The number of Topliss-reactive ketones (excluding diaryl/α,β-unsaturated/α-hetero) is 1. The van der Waals surface area contributed by atoms with Crippen molar-refractivity contribution in [2.75, 3.05) is 7.11 Å². The van der Waals surface area contributed by atoms with Crippen molar-refractivity contribution >= 4 is 28.4 Å². The zero-order valence-corrected chi connectivity index (χ0v) is 21.6. The number of fused-ring (bicyclic) bond motifs is 3. The van der Waals surface area contributed by atoms with Crippen molar-refractivity contribution in [1.29, 1.82) is 0 Å². The molecule has 0 saturated carbocycles. The highest BCUT2D eigenvalue weighted by Gasteiger charge is 2.21. The molecule has 0 bridgehead atoms. The number of amides is 1. The van der Waals surface area contributed by atoms with E-state index < -0.39 is 5.69 Å². The van der Waals surface area contributed by atoms with Crippen LogP contribution in [0.15, 0.2) is 52.1 Å². The summed E-state index contributed by atoms with van der Waals surface area (Å²) < 4.78 is 8.95. The quantitative estimate of drug-likeness (QED) is 0.350. The highest BCUT2D eigenvalue weighted by atomic mass is 16.5. The molecule has 0 aliphatic heterocycles. The van der Waals surface area contributed by atoms with E-state index in [4.69, 9.17) is 4.74 Å². The van der Waals surface area contributed by atoms with Gasteiger partial charge in [0.25, 0.3) is 11.5 Å². The van der Waals surface area contributed by atoms with Crippen molar-refractivity contribution in [3.63, 3.8) is 0 Å². The first-order valence-corrected chi connectivity index (χ1v) is 12.3. The second-order valence-electron chi connectivity index (χ2n) is 9.55. The first-order chi connectivity index (χ1) is 17.6. The van der Waals surface area contributed by atoms with E-state index in [-0.39, 0.29) is 52.4 Å². The van der Waals surface area contributed by atoms with Gasteiger partial charge in [-0.1, -0.05) is 20.8 Å². The first kappa shape index (κ1) is 25.9. The number of aromatic nitrogens is 4. The summed E-state index contributed by atoms with van der Waals surface area (Å²) in [5, 5.41) is 7.58. The van der Waals surface area contributed by atoms with Gasteiger partial charge in [0, 0.05) is 23.7 Å². The van der Waals surface area contributed by atoms with Crippen molar-refractivity contribution in [3.8, 4) is 5.75 Å². The largest absolute Gasteiger partial charge is 0.497 e. The monoisotopic (exact) mass is 505 g/mol. The van der Waals surface area contributed by atoms with E-state index in [0.29, 0.717) is 23.4 Å². The van der Waals surface area contributed by atoms with Crippen LogP contribution >= 0.6 is 0 Å². The van der Waals surface area contributed by atoms with Crippen LogP contribution in [0.1, 0.15) is 54.8 Å². The molecule has 37 heavy (non-hydrogen) atoms. The summed E-state index contributed by atoms with van der Waals surface area (Å²) in [7, 11) is 1.54. The predicted octanol–water partition coefficient (Wildman–Crippen LogP) is 2.89. The Morgan fingerprint density at radius 3 is 2.32 bits per heavy atom. The average molecular weight is 506 g/mol. The number of ketones is 1. The Labute approximate surface area is 213 Å². The second-order valence-corrected chi connectivity index (χ2v) is 9.55. The van der Waals surface area contributed by atoms with Gasteiger partial charge in [-0.2, -0.15) is 0 Å². The normalized spacial score (nSPS) is 12.3. The molecule has 0 aliphatic rings. The predicted molar refractivity (Wildman–Crippen MR) is 141 cm³/mol. The van der Waals surface area contributed by atoms with E-state index in [2.05, 4.69) is 10.4 Å². The smallest absolute Gasteiger partial charge is 0.352 e. The van der Waals surface area contributed by atoms with Crippen molar-refractivity contribution < 1.29 is 14.3 Å². The van der Waals surface area contributed by atoms with Gasteiger partial charge in [-0.05, 0) is 61.7 Å². The van der Waals surface area contributed by atoms with Crippen LogP contribution in [0.2, 0.25) is 0 Å². The lowest BCUT2D eigenvalue weighted by Crippen LogP contribution is -2.32. The van der Waals surface area contributed by atoms with Crippen molar-refractivity contribution in [2.45, 2.75) is 53.2 Å². The number of carbonyl (C=O) groups excluding carboxylic acids is 2. The fraction of sp³-hybridized carbons (Fsp3) is 0.370. The summed E-state index contributed by atoms with van der Waals surface area (Å²) in [6, 6.07) is 11.2. The summed E-state index contributed by atoms with van der Waals surface area (Å²) in [6.45, 7) is 7.80. The standard InChI is InChI=1S/C27H31N5O5/c1-6-17(4)28-24(34)19-9-12-21-22(13-19)32-26(30(25(21)35)14-16(2)3)29-31(27(32)36)15-23(33)18-7-10-20(37-5)11-8-18/h7-13,16-17H,6,14-15H2,1-5H3,(H,28,34). The Hall–Kier alpha value is -4.21. The van der Waals surface area contributed by atoms with Crippen LogP contribution in [-0.2, 0) is 13.1 Å². The minimum absolute atomic E-state index is 0.0308. The average Bonchev–Trinajstić information content (AvgIpc) is 3.21. The Balaban J connectivity index is 1.88. The Bertz CT molecular complexity index is 1590. The molecule has 4 rings (SSSR count). The SMILES string of the molecule is CCC(C)NC(=O)c1ccc2c(=O)n(CC(C)C)c3nn(CC(=O)c4ccc(OC)cc4)c(=O)n3c2c1. The molecule has 194 valence electrons. The molecule has 2 aromatic heterocycles. The van der Waals surface area contributed by atoms with Gasteiger partial charge in [0.05, 0.1) is 18.0 Å². The number of nitrogens with zero attached hydrogens (tertiary/aromatic N) is 4. The molecule has 1 atom stereocenters. The van der Waals surface area contributed by atoms with Gasteiger partial charge in [-0.25, -0.2) is 13.9 Å². The third-order valence-electron chi connectivity index (χ3n) is 6.28. The summed E-state index contributed by atoms with van der Waals surface area (Å²) in [5.41, 5.74) is 0.106. The van der Waals surface area contributed by atoms with E-state index in [1.165, 1.54) is 22.1 Å². The van der Waals surface area contributed by atoms with Gasteiger partial charge >= 0.3 is 5.69 Å². The lowest BCUT2D eigenvalue weighted by molar-refractivity contribution is 0.0937. The molecule has 0 spiro atoms. The molecular weight excluding hydrogens is 474 g/mol. The lowest BCUT2D eigenvalue weighted by Gasteiger charge is -2.14. The van der Waals surface area contributed by atoms with Gasteiger partial charge in [0.15, 0.2) is 5.78 Å². The van der Waals surface area contributed by atoms with E-state index in [9.17, 15) is 19.2 Å². The second kappa shape index (κ2) is 10.4. The van der Waals surface area contributed by atoms with Crippen molar-refractivity contribution in [3.05, 3.63) is 74.4 Å². The summed E-state index contributed by atoms with van der Waals surface area (Å²) in [6.07, 6.45) is 0.762. The summed E-state index contributed by atoms with van der Waals surface area (Å²) >= 11 is 0. The minimum Gasteiger partial charge on any atom is -0.497 e. The van der Waals surface area contributed by atoms with Gasteiger partial charge in [0.1, 0.15) is 12.3 Å². The number of carbonyl (C=O) groups is 2. The lowest BCUT2D eigenvalue weighted by atomic mass is 10.1. The topological polar surface area (TPSA) is 117 Å². The maximum absolute atomic E-state index is 13.5. The number of rotatable bonds is 9. The highest BCUT2D eigenvalue weighted by Crippen LogP contribution is 2.16. The molecule has 2 heterocycles. The Morgan fingerprint density at radius 1 is 1.03 bits per heavy atom. The number of methoxy groups -OCH3 is 1. The maximum atomic E-state index is 13.5. The Morgan fingerprint density at radius 2 is 1.70 bits per heavy atom. The van der Waals surface area contributed by atoms with E-state index in [1.807, 2.05) is 27.7 Å². The number of ether oxygens (including phenoxy) is 1. The summed E-state index contributed by atoms with van der Waals surface area (Å²) in [4.78, 5) is 52.7. The molecule has 0 aliphatic carbocycles. The van der Waals surface area contributed by atoms with Crippen LogP contribution in [0.3, 0.4) is 0 Å². The van der Waals surface area contributed by atoms with E-state index in [0.717, 1.165) is 11.1 Å². The number of benzene rings is 2. The molecule has 1 unspecified atom stereocenters. The molecule has 0 fully saturated rings. The van der Waals surface area contributed by atoms with Crippen molar-refractivity contribution in [2.24, 2.45) is 5.92 Å². The minimum atomic E-state index is -0.571. The molecule has 2 aromatic carbocycles. The number of hydrogen-bond acceptors (Lipinski definition) is 6. The van der Waals surface area contributed by atoms with E-state index >= 15 is 0 Å². The molecule has 10 nitrogen and oxygen atoms in total. The maximum Gasteiger partial charge on any atom is 0.352 e. The third-order valence-corrected chi connectivity index (χ3v) is 6.28. The third kappa shape index (κ3) is 5.04. The zero-order valence-electron chi connectivity index (χ0n) is 21.6. The number of hydrogen-bond donors (Lipinski definition) is 1. The Kier molecular flexibility index (Phi) is 7.28. The van der Waals surface area contributed by atoms with Crippen LogP contribution in [0.5, 0.6) is 5.75 Å². The van der Waals surface area contributed by atoms with Crippen LogP contribution in [-0.4, -0.2) is 43.6 Å². The summed E-state index contributed by atoms with van der Waals surface area (Å²) in [5.74, 6) is 0.215. The molecule has 10 heteroatoms. The molecule has 0 radical (unpaired) electrons. The van der Waals surface area contributed by atoms with Gasteiger partial charge in [-0.15, -0.1) is 5.10 Å². The molecular formula is C27H31N5O5. The fourth-order valence-electron chi connectivity index (χ4n) is 4.10. The van der Waals surface area contributed by atoms with Crippen LogP contribution in [0.25, 0.3) is 16.7 Å². The van der Waals surface area contributed by atoms with Crippen LogP contribution < -0.4 is 21.3 Å². The number of nitrogens with one attached hydrogen (secondary N) is 1. The zero-order chi connectivity index (χ0) is 26.9. The first-order valence-electron chi connectivity index (χ1n) is 12.3. The van der Waals surface area contributed by atoms with Crippen LogP contribution in [0, 0.1) is 5.92 Å². The molecule has 1 amide bonds. The molecule has 1 N–H and O–H groups in total. The van der Waals surface area contributed by atoms with Gasteiger partial charge in [-0.3, -0.25) is 19.0 Å². The molecule has 0 saturated heterocycles. The van der Waals surface area contributed by atoms with Gasteiger partial charge in [0.2, 0.25) is 5.78 Å². The van der Waals surface area contributed by atoms with Crippen molar-refractivity contribution in [1.82, 2.24) is 24.1 Å². The highest BCUT2D eigenvalue weighted by molar-refractivity contribution is 5.98. The fourth-order valence-corrected chi connectivity index (χ4v) is 4.10. The molecule has 4 aromatic rings. The van der Waals surface area contributed by atoms with E-state index in [1.54, 1.807) is 36.4 Å².